The van der Waals surface area contributed by atoms with Crippen LogP contribution in [0.2, 0.25) is 5.02 Å². The van der Waals surface area contributed by atoms with Crippen molar-refractivity contribution < 1.29 is 4.79 Å². The number of aromatic nitrogens is 3. The Morgan fingerprint density at radius 1 is 1.24 bits per heavy atom. The lowest BCUT2D eigenvalue weighted by Gasteiger charge is -2.26. The Hall–Kier alpha value is -1.92. The molecule has 0 radical (unpaired) electrons. The van der Waals surface area contributed by atoms with E-state index in [2.05, 4.69) is 20.5 Å². The Labute approximate surface area is 153 Å². The van der Waals surface area contributed by atoms with E-state index in [0.717, 1.165) is 30.9 Å². The third-order valence-corrected chi connectivity index (χ3v) is 5.08. The third-order valence-electron chi connectivity index (χ3n) is 4.67. The first-order valence-corrected chi connectivity index (χ1v) is 9.13. The van der Waals surface area contributed by atoms with E-state index in [4.69, 9.17) is 11.6 Å². The minimum absolute atomic E-state index is 0.182. The summed E-state index contributed by atoms with van der Waals surface area (Å²) in [5, 5.41) is 11.8. The summed E-state index contributed by atoms with van der Waals surface area (Å²) in [4.78, 5) is 14.8. The SMILES string of the molecule is Cc1ccc(-n2nnc(C(=O)NCCN3CCCCC3)c2C)cc1Cl. The molecule has 0 atom stereocenters. The summed E-state index contributed by atoms with van der Waals surface area (Å²) in [5.41, 5.74) is 2.86. The molecule has 2 heterocycles. The number of likely N-dealkylation sites (tertiary alicyclic amines) is 1. The number of nitrogens with one attached hydrogen (secondary N) is 1. The summed E-state index contributed by atoms with van der Waals surface area (Å²) in [6.45, 7) is 7.54. The fraction of sp³-hybridized carbons (Fsp3) is 0.500. The summed E-state index contributed by atoms with van der Waals surface area (Å²) < 4.78 is 1.64. The molecule has 0 unspecified atom stereocenters. The molecule has 1 N–H and O–H groups in total. The van der Waals surface area contributed by atoms with Gasteiger partial charge in [-0.25, -0.2) is 4.68 Å². The zero-order valence-corrected chi connectivity index (χ0v) is 15.5. The molecule has 0 bridgehead atoms. The Balaban J connectivity index is 1.63. The van der Waals surface area contributed by atoms with Crippen molar-refractivity contribution in [2.75, 3.05) is 26.2 Å². The van der Waals surface area contributed by atoms with Crippen molar-refractivity contribution in [1.82, 2.24) is 25.2 Å². The van der Waals surface area contributed by atoms with Gasteiger partial charge in [0.1, 0.15) is 0 Å². The standard InChI is InChI=1S/C18H24ClN5O/c1-13-6-7-15(12-16(13)19)24-14(2)17(21-22-24)18(25)20-8-11-23-9-4-3-5-10-23/h6-7,12H,3-5,8-11H2,1-2H3,(H,20,25). The van der Waals surface area contributed by atoms with E-state index >= 15 is 0 Å². The van der Waals surface area contributed by atoms with Crippen LogP contribution in [0.15, 0.2) is 18.2 Å². The molecule has 0 aliphatic carbocycles. The number of piperidine rings is 1. The molecule has 134 valence electrons. The smallest absolute Gasteiger partial charge is 0.273 e. The van der Waals surface area contributed by atoms with Gasteiger partial charge in [0.25, 0.3) is 5.91 Å². The summed E-state index contributed by atoms with van der Waals surface area (Å²) in [7, 11) is 0. The van der Waals surface area contributed by atoms with Crippen LogP contribution < -0.4 is 5.32 Å². The van der Waals surface area contributed by atoms with E-state index < -0.39 is 0 Å². The van der Waals surface area contributed by atoms with Gasteiger partial charge in [0.05, 0.1) is 11.4 Å². The van der Waals surface area contributed by atoms with Crippen LogP contribution in [0.4, 0.5) is 0 Å². The van der Waals surface area contributed by atoms with Crippen LogP contribution in [0.3, 0.4) is 0 Å². The van der Waals surface area contributed by atoms with E-state index in [1.165, 1.54) is 19.3 Å². The molecule has 7 heteroatoms. The molecule has 3 rings (SSSR count). The summed E-state index contributed by atoms with van der Waals surface area (Å²) in [6, 6.07) is 5.68. The first kappa shape index (κ1) is 17.9. The number of rotatable bonds is 5. The number of hydrogen-bond acceptors (Lipinski definition) is 4. The molecule has 1 aliphatic heterocycles. The van der Waals surface area contributed by atoms with Crippen molar-refractivity contribution in [3.8, 4) is 5.69 Å². The van der Waals surface area contributed by atoms with E-state index in [1.54, 1.807) is 4.68 Å². The van der Waals surface area contributed by atoms with Gasteiger partial charge >= 0.3 is 0 Å². The number of carbonyl (C=O) groups is 1. The van der Waals surface area contributed by atoms with Crippen molar-refractivity contribution in [2.24, 2.45) is 0 Å². The van der Waals surface area contributed by atoms with E-state index in [0.29, 0.717) is 23.0 Å². The number of carbonyl (C=O) groups excluding carboxylic acids is 1. The van der Waals surface area contributed by atoms with Crippen LogP contribution in [0, 0.1) is 13.8 Å². The van der Waals surface area contributed by atoms with Crippen LogP contribution in [0.1, 0.15) is 41.0 Å². The van der Waals surface area contributed by atoms with Gasteiger partial charge in [-0.2, -0.15) is 0 Å². The minimum atomic E-state index is -0.182. The predicted octanol–water partition coefficient (Wildman–Crippen LogP) is 2.75. The van der Waals surface area contributed by atoms with Crippen LogP contribution in [-0.2, 0) is 0 Å². The molecule has 0 spiro atoms. The lowest BCUT2D eigenvalue weighted by atomic mass is 10.1. The first-order chi connectivity index (χ1) is 12.1. The second kappa shape index (κ2) is 7.97. The van der Waals surface area contributed by atoms with E-state index in [1.807, 2.05) is 32.0 Å². The van der Waals surface area contributed by atoms with Gasteiger partial charge in [0, 0.05) is 18.1 Å². The van der Waals surface area contributed by atoms with Gasteiger partial charge in [-0.15, -0.1) is 5.10 Å². The Bertz CT molecular complexity index is 752. The number of nitrogens with zero attached hydrogens (tertiary/aromatic N) is 4. The fourth-order valence-electron chi connectivity index (χ4n) is 3.09. The lowest BCUT2D eigenvalue weighted by Crippen LogP contribution is -2.37. The highest BCUT2D eigenvalue weighted by Crippen LogP contribution is 2.20. The summed E-state index contributed by atoms with van der Waals surface area (Å²) in [5.74, 6) is -0.182. The van der Waals surface area contributed by atoms with Gasteiger partial charge in [-0.3, -0.25) is 4.79 Å². The molecule has 1 saturated heterocycles. The average Bonchev–Trinajstić information content (AvgIpc) is 3.00. The monoisotopic (exact) mass is 361 g/mol. The number of halogens is 1. The van der Waals surface area contributed by atoms with Gasteiger partial charge in [0.2, 0.25) is 0 Å². The largest absolute Gasteiger partial charge is 0.349 e. The van der Waals surface area contributed by atoms with Crippen LogP contribution >= 0.6 is 11.6 Å². The third kappa shape index (κ3) is 4.19. The maximum Gasteiger partial charge on any atom is 0.273 e. The zero-order chi connectivity index (χ0) is 17.8. The van der Waals surface area contributed by atoms with E-state index in [9.17, 15) is 4.79 Å². The van der Waals surface area contributed by atoms with Crippen LogP contribution in [0.25, 0.3) is 5.69 Å². The van der Waals surface area contributed by atoms with Crippen molar-refractivity contribution in [3.63, 3.8) is 0 Å². The average molecular weight is 362 g/mol. The van der Waals surface area contributed by atoms with Gasteiger partial charge in [-0.1, -0.05) is 29.3 Å². The molecular weight excluding hydrogens is 338 g/mol. The number of benzene rings is 1. The summed E-state index contributed by atoms with van der Waals surface area (Å²) in [6.07, 6.45) is 3.81. The maximum atomic E-state index is 12.4. The summed E-state index contributed by atoms with van der Waals surface area (Å²) >= 11 is 6.18. The molecule has 1 fully saturated rings. The Morgan fingerprint density at radius 3 is 2.72 bits per heavy atom. The topological polar surface area (TPSA) is 63.1 Å². The normalized spacial score (nSPS) is 15.3. The lowest BCUT2D eigenvalue weighted by molar-refractivity contribution is 0.0941. The quantitative estimate of drug-likeness (QED) is 0.889. The molecule has 2 aromatic rings. The number of hydrogen-bond donors (Lipinski definition) is 1. The van der Waals surface area contributed by atoms with Crippen molar-refractivity contribution in [2.45, 2.75) is 33.1 Å². The number of aryl methyl sites for hydroxylation is 1. The second-order valence-electron chi connectivity index (χ2n) is 6.53. The molecule has 25 heavy (non-hydrogen) atoms. The Kier molecular flexibility index (Phi) is 5.71. The molecule has 1 aromatic carbocycles. The highest BCUT2D eigenvalue weighted by atomic mass is 35.5. The minimum Gasteiger partial charge on any atom is -0.349 e. The Morgan fingerprint density at radius 2 is 2.00 bits per heavy atom. The van der Waals surface area contributed by atoms with E-state index in [-0.39, 0.29) is 5.91 Å². The van der Waals surface area contributed by atoms with Crippen molar-refractivity contribution >= 4 is 17.5 Å². The molecule has 1 aliphatic rings. The van der Waals surface area contributed by atoms with Gasteiger partial charge < -0.3 is 10.2 Å². The highest BCUT2D eigenvalue weighted by Gasteiger charge is 2.18. The second-order valence-corrected chi connectivity index (χ2v) is 6.93. The zero-order valence-electron chi connectivity index (χ0n) is 14.8. The predicted molar refractivity (Wildman–Crippen MR) is 98.5 cm³/mol. The molecule has 6 nitrogen and oxygen atoms in total. The van der Waals surface area contributed by atoms with Gasteiger partial charge in [0.15, 0.2) is 5.69 Å². The maximum absolute atomic E-state index is 12.4. The fourth-order valence-corrected chi connectivity index (χ4v) is 3.27. The molecule has 1 amide bonds. The van der Waals surface area contributed by atoms with Crippen LogP contribution in [0.5, 0.6) is 0 Å². The highest BCUT2D eigenvalue weighted by molar-refractivity contribution is 6.31. The van der Waals surface area contributed by atoms with Gasteiger partial charge in [-0.05, 0) is 57.5 Å². The van der Waals surface area contributed by atoms with Crippen molar-refractivity contribution in [3.05, 3.63) is 40.2 Å². The molecular formula is C18H24ClN5O. The van der Waals surface area contributed by atoms with Crippen LogP contribution in [-0.4, -0.2) is 52.0 Å². The molecule has 0 saturated carbocycles. The first-order valence-electron chi connectivity index (χ1n) is 8.75. The number of amides is 1. The van der Waals surface area contributed by atoms with Crippen molar-refractivity contribution in [1.29, 1.82) is 0 Å². The molecule has 1 aromatic heterocycles.